The Labute approximate surface area is 220 Å². The Morgan fingerprint density at radius 1 is 1.06 bits per heavy atom. The highest BCUT2D eigenvalue weighted by Crippen LogP contribution is 2.31. The van der Waals surface area contributed by atoms with Crippen LogP contribution in [0.3, 0.4) is 0 Å². The highest BCUT2D eigenvalue weighted by Gasteiger charge is 2.25. The Morgan fingerprint density at radius 2 is 1.81 bits per heavy atom. The number of hydrogen-bond acceptors (Lipinski definition) is 4. The third kappa shape index (κ3) is 5.50. The molecule has 0 fully saturated rings. The third-order valence-corrected chi connectivity index (χ3v) is 6.85. The summed E-state index contributed by atoms with van der Waals surface area (Å²) in [7, 11) is 0. The van der Waals surface area contributed by atoms with Gasteiger partial charge in [0.25, 0.3) is 0 Å². The van der Waals surface area contributed by atoms with Crippen molar-refractivity contribution in [1.29, 1.82) is 0 Å². The van der Waals surface area contributed by atoms with Crippen LogP contribution in [-0.4, -0.2) is 11.9 Å². The first kappa shape index (κ1) is 22.8. The Morgan fingerprint density at radius 3 is 2.52 bits per heavy atom. The van der Waals surface area contributed by atoms with Crippen LogP contribution in [0.25, 0.3) is 6.08 Å². The second-order valence-electron chi connectivity index (χ2n) is 6.55. The quantitative estimate of drug-likeness (QED) is 0.159. The van der Waals surface area contributed by atoms with Crippen molar-refractivity contribution in [3.8, 4) is 5.75 Å². The van der Waals surface area contributed by atoms with Crippen molar-refractivity contribution < 1.29 is 14.3 Å². The number of hydrogen-bond donors (Lipinski definition) is 0. The predicted octanol–water partition coefficient (Wildman–Crippen LogP) is 7.24. The van der Waals surface area contributed by atoms with Crippen LogP contribution < -0.4 is 4.74 Å². The van der Waals surface area contributed by atoms with Crippen LogP contribution in [0.2, 0.25) is 5.02 Å². The molecule has 0 atom stereocenters. The minimum Gasteiger partial charge on any atom is -0.487 e. The smallest absolute Gasteiger partial charge is 0.363 e. The number of benzene rings is 3. The highest BCUT2D eigenvalue weighted by atomic mass is 127. The average molecular weight is 721 g/mol. The zero-order valence-electron chi connectivity index (χ0n) is 15.7. The zero-order chi connectivity index (χ0) is 22.0. The molecule has 0 bridgehead atoms. The average Bonchev–Trinajstić information content (AvgIpc) is 3.08. The van der Waals surface area contributed by atoms with Gasteiger partial charge in [0.15, 0.2) is 5.70 Å². The molecule has 0 N–H and O–H groups in total. The van der Waals surface area contributed by atoms with Gasteiger partial charge in [0.2, 0.25) is 5.90 Å². The molecule has 0 unspecified atom stereocenters. The van der Waals surface area contributed by atoms with Crippen molar-refractivity contribution in [3.63, 3.8) is 0 Å². The molecule has 0 aliphatic carbocycles. The third-order valence-electron chi connectivity index (χ3n) is 4.32. The van der Waals surface area contributed by atoms with Gasteiger partial charge in [-0.05, 0) is 115 Å². The molecule has 31 heavy (non-hydrogen) atoms. The summed E-state index contributed by atoms with van der Waals surface area (Å²) in [6, 6.07) is 19.0. The highest BCUT2D eigenvalue weighted by molar-refractivity contribution is 14.1. The predicted molar refractivity (Wildman–Crippen MR) is 142 cm³/mol. The monoisotopic (exact) mass is 719 g/mol. The van der Waals surface area contributed by atoms with Gasteiger partial charge >= 0.3 is 5.97 Å². The molecule has 0 amide bonds. The summed E-state index contributed by atoms with van der Waals surface area (Å²) in [6.07, 6.45) is 1.72. The van der Waals surface area contributed by atoms with Gasteiger partial charge < -0.3 is 9.47 Å². The normalized spacial score (nSPS) is 14.5. The fraction of sp³-hybridized carbons (Fsp3) is 0.0435. The van der Waals surface area contributed by atoms with Gasteiger partial charge in [-0.1, -0.05) is 35.9 Å². The van der Waals surface area contributed by atoms with Gasteiger partial charge in [-0.25, -0.2) is 9.79 Å². The lowest BCUT2D eigenvalue weighted by Crippen LogP contribution is -2.05. The lowest BCUT2D eigenvalue weighted by Gasteiger charge is -2.12. The molecule has 3 aromatic carbocycles. The summed E-state index contributed by atoms with van der Waals surface area (Å²) >= 11 is 14.0. The van der Waals surface area contributed by atoms with Gasteiger partial charge in [-0.3, -0.25) is 0 Å². The lowest BCUT2D eigenvalue weighted by molar-refractivity contribution is -0.129. The topological polar surface area (TPSA) is 47.9 Å². The van der Waals surface area contributed by atoms with Crippen LogP contribution in [0.15, 0.2) is 75.8 Å². The molecule has 0 spiro atoms. The number of aliphatic imine (C=N–C) groups is 1. The molecule has 3 aromatic rings. The number of carbonyl (C=O) groups excluding carboxylic acids is 1. The summed E-state index contributed by atoms with van der Waals surface area (Å²) in [5.41, 5.74) is 2.82. The molecular weight excluding hydrogens is 707 g/mol. The summed E-state index contributed by atoms with van der Waals surface area (Å²) in [5.74, 6) is 0.598. The van der Waals surface area contributed by atoms with Crippen molar-refractivity contribution in [2.45, 2.75) is 6.61 Å². The standard InChI is InChI=1S/C23H13BrClI2NO3/c24-17-7-2-1-6-16(17)22-28-20(23(29)31-22)11-14-9-18(26)21(19(27)10-14)30-12-13-4-3-5-15(25)8-13/h1-11H,12H2/b20-11-. The molecule has 4 nitrogen and oxygen atoms in total. The van der Waals surface area contributed by atoms with E-state index in [4.69, 9.17) is 21.1 Å². The van der Waals surface area contributed by atoms with E-state index in [0.717, 1.165) is 34.1 Å². The van der Waals surface area contributed by atoms with E-state index in [1.807, 2.05) is 60.7 Å². The molecule has 1 aliphatic heterocycles. The Kier molecular flexibility index (Phi) is 7.35. The van der Waals surface area contributed by atoms with Crippen molar-refractivity contribution in [3.05, 3.63) is 99.7 Å². The maximum atomic E-state index is 12.3. The van der Waals surface area contributed by atoms with Crippen LogP contribution >= 0.6 is 72.7 Å². The number of rotatable bonds is 5. The van der Waals surface area contributed by atoms with Crippen LogP contribution in [0, 0.1) is 7.14 Å². The van der Waals surface area contributed by atoms with Crippen molar-refractivity contribution in [2.24, 2.45) is 4.99 Å². The first-order chi connectivity index (χ1) is 14.9. The van der Waals surface area contributed by atoms with Gasteiger partial charge in [-0.15, -0.1) is 0 Å². The van der Waals surface area contributed by atoms with E-state index in [1.54, 1.807) is 6.08 Å². The van der Waals surface area contributed by atoms with Crippen LogP contribution in [0.4, 0.5) is 0 Å². The molecule has 4 rings (SSSR count). The lowest BCUT2D eigenvalue weighted by atomic mass is 10.2. The number of ether oxygens (including phenoxy) is 2. The molecule has 156 valence electrons. The van der Waals surface area contributed by atoms with Gasteiger partial charge in [0, 0.05) is 9.50 Å². The summed E-state index contributed by atoms with van der Waals surface area (Å²) < 4.78 is 14.1. The SMILES string of the molecule is O=C1OC(c2ccccc2Br)=N/C1=C\c1cc(I)c(OCc2cccc(Cl)c2)c(I)c1. The Bertz CT molecular complexity index is 1220. The number of halogens is 4. The number of esters is 1. The van der Waals surface area contributed by atoms with Gasteiger partial charge in [-0.2, -0.15) is 0 Å². The van der Waals surface area contributed by atoms with Gasteiger partial charge in [0.05, 0.1) is 12.7 Å². The summed E-state index contributed by atoms with van der Waals surface area (Å²) in [5, 5.41) is 0.679. The van der Waals surface area contributed by atoms with E-state index in [0.29, 0.717) is 11.6 Å². The molecule has 0 radical (unpaired) electrons. The first-order valence-corrected chi connectivity index (χ1v) is 12.4. The maximum Gasteiger partial charge on any atom is 0.363 e. The second-order valence-corrected chi connectivity index (χ2v) is 10.2. The van der Waals surface area contributed by atoms with Crippen molar-refractivity contribution >= 4 is 90.7 Å². The van der Waals surface area contributed by atoms with Crippen LogP contribution in [0.1, 0.15) is 16.7 Å². The molecule has 1 heterocycles. The fourth-order valence-electron chi connectivity index (χ4n) is 2.90. The first-order valence-electron chi connectivity index (χ1n) is 9.04. The number of carbonyl (C=O) groups is 1. The fourth-order valence-corrected chi connectivity index (χ4v) is 5.69. The number of nitrogens with zero attached hydrogens (tertiary/aromatic N) is 1. The molecule has 8 heteroatoms. The van der Waals surface area contributed by atoms with Crippen molar-refractivity contribution in [2.75, 3.05) is 0 Å². The Balaban J connectivity index is 1.57. The van der Waals surface area contributed by atoms with E-state index >= 15 is 0 Å². The molecule has 1 aliphatic rings. The molecule has 0 saturated carbocycles. The Hall–Kier alpha value is -1.43. The second kappa shape index (κ2) is 10.0. The van der Waals surface area contributed by atoms with E-state index in [1.165, 1.54) is 0 Å². The minimum absolute atomic E-state index is 0.255. The molecule has 0 saturated heterocycles. The minimum atomic E-state index is -0.475. The largest absolute Gasteiger partial charge is 0.487 e. The zero-order valence-corrected chi connectivity index (χ0v) is 22.4. The van der Waals surface area contributed by atoms with E-state index in [9.17, 15) is 4.79 Å². The maximum absolute atomic E-state index is 12.3. The van der Waals surface area contributed by atoms with Crippen LogP contribution in [0.5, 0.6) is 5.75 Å². The summed E-state index contributed by atoms with van der Waals surface area (Å²) in [6.45, 7) is 0.416. The molecule has 0 aromatic heterocycles. The van der Waals surface area contributed by atoms with Crippen molar-refractivity contribution in [1.82, 2.24) is 0 Å². The van der Waals surface area contributed by atoms with E-state index in [2.05, 4.69) is 66.1 Å². The van der Waals surface area contributed by atoms with E-state index in [-0.39, 0.29) is 11.6 Å². The van der Waals surface area contributed by atoms with E-state index < -0.39 is 5.97 Å². The van der Waals surface area contributed by atoms with Gasteiger partial charge in [0.1, 0.15) is 12.4 Å². The number of cyclic esters (lactones) is 1. The molecular formula is C23H13BrClI2NO3. The van der Waals surface area contributed by atoms with Crippen LogP contribution in [-0.2, 0) is 16.1 Å². The summed E-state index contributed by atoms with van der Waals surface area (Å²) in [4.78, 5) is 16.7.